The molecule has 7 nitrogen and oxygen atoms in total. The Hall–Kier alpha value is -3.08. The van der Waals surface area contributed by atoms with Gasteiger partial charge in [-0.05, 0) is 55.3 Å². The fraction of sp³-hybridized carbons (Fsp3) is 0.333. The van der Waals surface area contributed by atoms with E-state index < -0.39 is 23.8 Å². The van der Waals surface area contributed by atoms with Gasteiger partial charge >= 0.3 is 6.03 Å². The van der Waals surface area contributed by atoms with E-state index in [9.17, 15) is 15.2 Å². The van der Waals surface area contributed by atoms with Crippen LogP contribution in [0, 0.1) is 11.3 Å². The van der Waals surface area contributed by atoms with Gasteiger partial charge in [0.25, 0.3) is 0 Å². The second-order valence-corrected chi connectivity index (χ2v) is 7.68. The van der Waals surface area contributed by atoms with Gasteiger partial charge in [-0.15, -0.1) is 0 Å². The van der Waals surface area contributed by atoms with Crippen molar-refractivity contribution in [3.8, 4) is 11.8 Å². The molecule has 28 heavy (non-hydrogen) atoms. The molecule has 2 heterocycles. The van der Waals surface area contributed by atoms with Crippen molar-refractivity contribution in [2.45, 2.75) is 44.7 Å². The zero-order chi connectivity index (χ0) is 19.9. The molecule has 0 aliphatic carbocycles. The van der Waals surface area contributed by atoms with Gasteiger partial charge in [0.05, 0.1) is 17.7 Å². The summed E-state index contributed by atoms with van der Waals surface area (Å²) in [5.74, 6) is 0.545. The van der Waals surface area contributed by atoms with Crippen LogP contribution in [0.1, 0.15) is 42.1 Å². The van der Waals surface area contributed by atoms with Crippen molar-refractivity contribution >= 4 is 11.7 Å². The Morgan fingerprint density at radius 1 is 1.25 bits per heavy atom. The van der Waals surface area contributed by atoms with Crippen molar-refractivity contribution in [1.82, 2.24) is 10.6 Å². The Morgan fingerprint density at radius 3 is 2.82 bits per heavy atom. The Bertz CT molecular complexity index is 980. The van der Waals surface area contributed by atoms with Gasteiger partial charge in [0, 0.05) is 24.3 Å². The maximum Gasteiger partial charge on any atom is 0.319 e. The standard InChI is InChI=1S/C21H22N4O3/c1-21(2)19(26)18(16-7-12(9-22)3-6-17(16)28-21)25-20(27)24-15-5-4-13-10-23-11-14(13)8-15/h3-8,18-19,23,26H,10-11H2,1-2H3,(H2,24,25,27)/t18-,19+/m1/s1. The van der Waals surface area contributed by atoms with Crippen LogP contribution in [0.15, 0.2) is 36.4 Å². The Morgan fingerprint density at radius 2 is 2.04 bits per heavy atom. The van der Waals surface area contributed by atoms with Gasteiger partial charge in [0.15, 0.2) is 0 Å². The number of nitriles is 1. The second-order valence-electron chi connectivity index (χ2n) is 7.68. The number of rotatable bonds is 2. The smallest absolute Gasteiger partial charge is 0.319 e. The largest absolute Gasteiger partial charge is 0.485 e. The summed E-state index contributed by atoms with van der Waals surface area (Å²) in [5, 5.41) is 28.9. The fourth-order valence-electron chi connectivity index (χ4n) is 3.71. The molecule has 0 bridgehead atoms. The van der Waals surface area contributed by atoms with E-state index in [1.165, 1.54) is 5.56 Å². The third-order valence-electron chi connectivity index (χ3n) is 5.26. The molecule has 2 aliphatic heterocycles. The average Bonchev–Trinajstić information content (AvgIpc) is 3.13. The Labute approximate surface area is 163 Å². The van der Waals surface area contributed by atoms with Crippen molar-refractivity contribution in [3.63, 3.8) is 0 Å². The molecule has 0 spiro atoms. The summed E-state index contributed by atoms with van der Waals surface area (Å²) in [6.45, 7) is 5.14. The molecular weight excluding hydrogens is 356 g/mol. The lowest BCUT2D eigenvalue weighted by Gasteiger charge is -2.42. The second kappa shape index (κ2) is 6.82. The highest BCUT2D eigenvalue weighted by Gasteiger charge is 2.43. The van der Waals surface area contributed by atoms with E-state index in [-0.39, 0.29) is 0 Å². The molecule has 2 aromatic carbocycles. The first-order valence-corrected chi connectivity index (χ1v) is 9.18. The number of urea groups is 1. The molecule has 4 N–H and O–H groups in total. The maximum atomic E-state index is 12.6. The molecule has 0 aromatic heterocycles. The fourth-order valence-corrected chi connectivity index (χ4v) is 3.71. The van der Waals surface area contributed by atoms with E-state index in [0.29, 0.717) is 22.6 Å². The zero-order valence-electron chi connectivity index (χ0n) is 15.7. The molecule has 0 fully saturated rings. The summed E-state index contributed by atoms with van der Waals surface area (Å²) in [6.07, 6.45) is -0.982. The molecule has 144 valence electrons. The number of hydrogen-bond acceptors (Lipinski definition) is 5. The van der Waals surface area contributed by atoms with Crippen LogP contribution in [0.5, 0.6) is 5.75 Å². The molecular formula is C21H22N4O3. The van der Waals surface area contributed by atoms with E-state index >= 15 is 0 Å². The topological polar surface area (TPSA) is 106 Å². The SMILES string of the molecule is CC1(C)Oc2ccc(C#N)cc2[C@@H](NC(=O)Nc2ccc3c(c2)CNC3)[C@@H]1O. The number of fused-ring (bicyclic) bond motifs is 2. The van der Waals surface area contributed by atoms with E-state index in [4.69, 9.17) is 4.74 Å². The average molecular weight is 378 g/mol. The predicted molar refractivity (Wildman–Crippen MR) is 104 cm³/mol. The quantitative estimate of drug-likeness (QED) is 0.643. The number of carbonyl (C=O) groups excluding carboxylic acids is 1. The number of hydrogen-bond donors (Lipinski definition) is 4. The molecule has 7 heteroatoms. The van der Waals surface area contributed by atoms with Crippen LogP contribution in [0.4, 0.5) is 10.5 Å². The third kappa shape index (κ3) is 3.28. The molecule has 2 aliphatic rings. The molecule has 4 rings (SSSR count). The molecule has 2 atom stereocenters. The minimum atomic E-state index is -0.982. The Kier molecular flexibility index (Phi) is 4.46. The monoisotopic (exact) mass is 378 g/mol. The number of benzene rings is 2. The number of carbonyl (C=O) groups is 1. The number of anilines is 1. The van der Waals surface area contributed by atoms with Crippen LogP contribution in [-0.4, -0.2) is 22.8 Å². The van der Waals surface area contributed by atoms with E-state index in [0.717, 1.165) is 18.7 Å². The van der Waals surface area contributed by atoms with E-state index in [1.807, 2.05) is 18.2 Å². The highest BCUT2D eigenvalue weighted by atomic mass is 16.5. The maximum absolute atomic E-state index is 12.6. The van der Waals surface area contributed by atoms with Crippen LogP contribution < -0.4 is 20.7 Å². The number of aliphatic hydroxyl groups is 1. The Balaban J connectivity index is 1.57. The van der Waals surface area contributed by atoms with Crippen LogP contribution in [0.25, 0.3) is 0 Å². The lowest BCUT2D eigenvalue weighted by atomic mass is 9.86. The number of nitrogens with zero attached hydrogens (tertiary/aromatic N) is 1. The van der Waals surface area contributed by atoms with Gasteiger partial charge in [0.2, 0.25) is 0 Å². The molecule has 2 amide bonds. The normalized spacial score (nSPS) is 21.6. The highest BCUT2D eigenvalue weighted by Crippen LogP contribution is 2.40. The molecule has 0 saturated heterocycles. The van der Waals surface area contributed by atoms with Crippen LogP contribution >= 0.6 is 0 Å². The number of ether oxygens (including phenoxy) is 1. The first-order chi connectivity index (χ1) is 13.4. The molecule has 0 unspecified atom stereocenters. The van der Waals surface area contributed by atoms with Crippen molar-refractivity contribution in [2.24, 2.45) is 0 Å². The highest BCUT2D eigenvalue weighted by molar-refractivity contribution is 5.89. The van der Waals surface area contributed by atoms with Gasteiger partial charge in [-0.3, -0.25) is 0 Å². The zero-order valence-corrected chi connectivity index (χ0v) is 15.7. The third-order valence-corrected chi connectivity index (χ3v) is 5.26. The van der Waals surface area contributed by atoms with Gasteiger partial charge in [-0.2, -0.15) is 5.26 Å². The minimum Gasteiger partial charge on any atom is -0.485 e. The number of nitrogens with one attached hydrogen (secondary N) is 3. The summed E-state index contributed by atoms with van der Waals surface area (Å²) >= 11 is 0. The van der Waals surface area contributed by atoms with Crippen LogP contribution in [-0.2, 0) is 13.1 Å². The predicted octanol–water partition coefficient (Wildman–Crippen LogP) is 2.56. The minimum absolute atomic E-state index is 0.430. The first kappa shape index (κ1) is 18.3. The number of aliphatic hydroxyl groups excluding tert-OH is 1. The van der Waals surface area contributed by atoms with Crippen LogP contribution in [0.3, 0.4) is 0 Å². The van der Waals surface area contributed by atoms with Gasteiger partial charge < -0.3 is 25.8 Å². The summed E-state index contributed by atoms with van der Waals surface area (Å²) in [6, 6.07) is 11.7. The first-order valence-electron chi connectivity index (χ1n) is 9.18. The summed E-state index contributed by atoms with van der Waals surface area (Å²) in [7, 11) is 0. The van der Waals surface area contributed by atoms with Crippen molar-refractivity contribution < 1.29 is 14.6 Å². The summed E-state index contributed by atoms with van der Waals surface area (Å²) in [5.41, 5.74) is 3.20. The number of amides is 2. The van der Waals surface area contributed by atoms with E-state index in [1.54, 1.807) is 32.0 Å². The van der Waals surface area contributed by atoms with Gasteiger partial charge in [-0.1, -0.05) is 6.07 Å². The molecule has 0 saturated carbocycles. The lowest BCUT2D eigenvalue weighted by molar-refractivity contribution is -0.0618. The van der Waals surface area contributed by atoms with Crippen molar-refractivity contribution in [3.05, 3.63) is 58.7 Å². The van der Waals surface area contributed by atoms with E-state index in [2.05, 4.69) is 22.0 Å². The van der Waals surface area contributed by atoms with Gasteiger partial charge in [-0.25, -0.2) is 4.79 Å². The molecule has 2 aromatic rings. The summed E-state index contributed by atoms with van der Waals surface area (Å²) in [4.78, 5) is 12.6. The van der Waals surface area contributed by atoms with Crippen LogP contribution in [0.2, 0.25) is 0 Å². The van der Waals surface area contributed by atoms with Gasteiger partial charge in [0.1, 0.15) is 17.5 Å². The summed E-state index contributed by atoms with van der Waals surface area (Å²) < 4.78 is 5.87. The lowest BCUT2D eigenvalue weighted by Crippen LogP contribution is -2.54. The van der Waals surface area contributed by atoms with Crippen molar-refractivity contribution in [2.75, 3.05) is 5.32 Å². The molecule has 0 radical (unpaired) electrons. The van der Waals surface area contributed by atoms with Crippen molar-refractivity contribution in [1.29, 1.82) is 5.26 Å².